The fraction of sp³-hybridized carbons (Fsp3) is 0.300. The van der Waals surface area contributed by atoms with Gasteiger partial charge in [0.05, 0.1) is 25.0 Å². The Balaban J connectivity index is 1.33. The predicted molar refractivity (Wildman–Crippen MR) is 163 cm³/mol. The molecule has 12 heteroatoms. The van der Waals surface area contributed by atoms with Crippen LogP contribution in [0.5, 0.6) is 5.75 Å². The topological polar surface area (TPSA) is 119 Å². The molecule has 0 radical (unpaired) electrons. The maximum atomic E-state index is 13.3. The predicted octanol–water partition coefficient (Wildman–Crippen LogP) is 3.46. The number of methoxy groups -OCH3 is 1. The van der Waals surface area contributed by atoms with Crippen molar-refractivity contribution >= 4 is 52.3 Å². The van der Waals surface area contributed by atoms with Gasteiger partial charge >= 0.3 is 0 Å². The molecule has 3 aliphatic heterocycles. The number of carbonyl (C=O) groups excluding carboxylic acids is 2. The minimum atomic E-state index is -0.322. The van der Waals surface area contributed by atoms with Crippen molar-refractivity contribution in [3.05, 3.63) is 66.9 Å². The van der Waals surface area contributed by atoms with E-state index in [2.05, 4.69) is 57.2 Å². The van der Waals surface area contributed by atoms with Crippen LogP contribution < -0.4 is 25.2 Å². The molecule has 3 aromatic rings. The minimum absolute atomic E-state index is 0.205. The van der Waals surface area contributed by atoms with Crippen molar-refractivity contribution in [1.29, 1.82) is 0 Å². The van der Waals surface area contributed by atoms with E-state index in [0.29, 0.717) is 65.2 Å². The lowest BCUT2D eigenvalue weighted by Crippen LogP contribution is -2.48. The van der Waals surface area contributed by atoms with Crippen LogP contribution in [-0.4, -0.2) is 91.0 Å². The van der Waals surface area contributed by atoms with E-state index in [4.69, 9.17) is 9.72 Å². The maximum Gasteiger partial charge on any atom is 0.266 e. The SMILES string of the molecule is C=CC(=O)Nc1cccc(N2C3=NCCN3C(=O)c3cnc(Nc4ccc(N5CC[C@@H](N(C)C)C5)cc4OC)nc32)c1. The molecule has 1 saturated heterocycles. The highest BCUT2D eigenvalue weighted by Gasteiger charge is 2.40. The van der Waals surface area contributed by atoms with E-state index >= 15 is 0 Å². The second-order valence-electron chi connectivity index (χ2n) is 10.5. The van der Waals surface area contributed by atoms with Gasteiger partial charge in [0, 0.05) is 49.3 Å². The number of rotatable bonds is 8. The molecule has 0 aliphatic carbocycles. The van der Waals surface area contributed by atoms with E-state index in [-0.39, 0.29) is 11.8 Å². The van der Waals surface area contributed by atoms with Gasteiger partial charge in [-0.05, 0) is 56.9 Å². The van der Waals surface area contributed by atoms with Gasteiger partial charge in [-0.25, -0.2) is 4.98 Å². The van der Waals surface area contributed by atoms with Crippen molar-refractivity contribution in [2.45, 2.75) is 12.5 Å². The number of ether oxygens (including phenoxy) is 1. The van der Waals surface area contributed by atoms with Crippen LogP contribution in [0.15, 0.2) is 66.3 Å². The smallest absolute Gasteiger partial charge is 0.266 e. The average Bonchev–Trinajstić information content (AvgIpc) is 3.69. The molecule has 0 bridgehead atoms. The van der Waals surface area contributed by atoms with Gasteiger partial charge in [-0.2, -0.15) is 4.98 Å². The number of guanidine groups is 1. The molecule has 1 fully saturated rings. The number of anilines is 6. The molecule has 0 spiro atoms. The number of carbonyl (C=O) groups is 2. The normalized spacial score (nSPS) is 17.6. The lowest BCUT2D eigenvalue weighted by molar-refractivity contribution is -0.111. The third-order valence-corrected chi connectivity index (χ3v) is 7.72. The molecular weight excluding hydrogens is 534 g/mol. The number of likely N-dealkylation sites (N-methyl/N-ethyl adjacent to an activating group) is 1. The zero-order valence-electron chi connectivity index (χ0n) is 23.9. The first kappa shape index (κ1) is 27.2. The summed E-state index contributed by atoms with van der Waals surface area (Å²) in [6, 6.07) is 13.8. The highest BCUT2D eigenvalue weighted by Crippen LogP contribution is 2.38. The lowest BCUT2D eigenvalue weighted by Gasteiger charge is -2.35. The van der Waals surface area contributed by atoms with Gasteiger partial charge in [0.2, 0.25) is 17.8 Å². The lowest BCUT2D eigenvalue weighted by atomic mass is 10.1. The summed E-state index contributed by atoms with van der Waals surface area (Å²) < 4.78 is 5.74. The van der Waals surface area contributed by atoms with E-state index in [1.807, 2.05) is 29.2 Å². The summed E-state index contributed by atoms with van der Waals surface area (Å²) in [6.45, 7) is 6.40. The fourth-order valence-corrected chi connectivity index (χ4v) is 5.47. The number of benzene rings is 2. The van der Waals surface area contributed by atoms with Gasteiger partial charge < -0.3 is 25.2 Å². The second-order valence-corrected chi connectivity index (χ2v) is 10.5. The van der Waals surface area contributed by atoms with Crippen LogP contribution in [0.1, 0.15) is 16.8 Å². The van der Waals surface area contributed by atoms with Crippen LogP contribution in [-0.2, 0) is 4.79 Å². The van der Waals surface area contributed by atoms with E-state index < -0.39 is 0 Å². The van der Waals surface area contributed by atoms with Crippen LogP contribution in [0.3, 0.4) is 0 Å². The summed E-state index contributed by atoms with van der Waals surface area (Å²) in [5.41, 5.74) is 3.41. The van der Waals surface area contributed by atoms with Gasteiger partial charge in [-0.3, -0.25) is 24.4 Å². The van der Waals surface area contributed by atoms with Crippen LogP contribution >= 0.6 is 0 Å². The second kappa shape index (κ2) is 11.1. The van der Waals surface area contributed by atoms with E-state index in [0.717, 1.165) is 25.2 Å². The van der Waals surface area contributed by atoms with Crippen LogP contribution in [0.2, 0.25) is 0 Å². The first-order valence-electron chi connectivity index (χ1n) is 13.8. The van der Waals surface area contributed by atoms with E-state index in [9.17, 15) is 9.59 Å². The van der Waals surface area contributed by atoms with Gasteiger partial charge in [0.1, 0.15) is 11.3 Å². The molecular formula is C30H33N9O3. The summed E-state index contributed by atoms with van der Waals surface area (Å²) >= 11 is 0. The molecule has 1 aromatic heterocycles. The molecule has 216 valence electrons. The molecule has 2 amide bonds. The number of fused-ring (bicyclic) bond motifs is 2. The summed E-state index contributed by atoms with van der Waals surface area (Å²) in [5.74, 6) is 1.31. The molecule has 6 rings (SSSR count). The fourth-order valence-electron chi connectivity index (χ4n) is 5.47. The summed E-state index contributed by atoms with van der Waals surface area (Å²) in [5, 5.41) is 6.06. The number of hydrogen-bond donors (Lipinski definition) is 2. The molecule has 42 heavy (non-hydrogen) atoms. The monoisotopic (exact) mass is 567 g/mol. The Hall–Kier alpha value is -4.97. The molecule has 12 nitrogen and oxygen atoms in total. The van der Waals surface area contributed by atoms with Gasteiger partial charge in [-0.15, -0.1) is 0 Å². The van der Waals surface area contributed by atoms with Crippen LogP contribution in [0, 0.1) is 0 Å². The first-order valence-corrected chi connectivity index (χ1v) is 13.8. The Morgan fingerprint density at radius 2 is 2.02 bits per heavy atom. The summed E-state index contributed by atoms with van der Waals surface area (Å²) in [6.07, 6.45) is 3.85. The number of nitrogens with zero attached hydrogens (tertiary/aromatic N) is 7. The molecule has 1 atom stereocenters. The highest BCUT2D eigenvalue weighted by molar-refractivity contribution is 6.21. The van der Waals surface area contributed by atoms with Gasteiger partial charge in [0.15, 0.2) is 5.82 Å². The number of hydrogen-bond acceptors (Lipinski definition) is 10. The molecule has 0 saturated carbocycles. The number of nitrogens with one attached hydrogen (secondary N) is 2. The zero-order valence-corrected chi connectivity index (χ0v) is 23.9. The van der Waals surface area contributed by atoms with Gasteiger partial charge in [-0.1, -0.05) is 12.6 Å². The number of amides is 2. The summed E-state index contributed by atoms with van der Waals surface area (Å²) in [4.78, 5) is 47.2. The Labute approximate surface area is 244 Å². The highest BCUT2D eigenvalue weighted by atomic mass is 16.5. The van der Waals surface area contributed by atoms with Crippen LogP contribution in [0.25, 0.3) is 0 Å². The third kappa shape index (κ3) is 5.00. The van der Waals surface area contributed by atoms with E-state index in [1.54, 1.807) is 24.1 Å². The third-order valence-electron chi connectivity index (χ3n) is 7.72. The Bertz CT molecular complexity index is 1590. The standard InChI is InChI=1S/C30H33N9O3/c1-5-26(40)33-19-7-6-8-21(15-19)39-27-23(28(41)38-14-12-31-30(38)39)17-32-29(35-27)34-24-10-9-20(16-25(24)42-4)37-13-11-22(18-37)36(2)3/h5-10,15-17,22H,1,11-14,18H2,2-4H3,(H,33,40)(H,32,34,35)/t22-/m1/s1. The van der Waals surface area contributed by atoms with Crippen LogP contribution in [0.4, 0.5) is 34.5 Å². The zero-order chi connectivity index (χ0) is 29.4. The molecule has 0 unspecified atom stereocenters. The van der Waals surface area contributed by atoms with Crippen molar-refractivity contribution in [3.8, 4) is 5.75 Å². The molecule has 3 aliphatic rings. The van der Waals surface area contributed by atoms with Crippen molar-refractivity contribution in [1.82, 2.24) is 19.8 Å². The Morgan fingerprint density at radius 1 is 1.17 bits per heavy atom. The number of aliphatic imine (C=N–C) groups is 1. The molecule has 2 aromatic carbocycles. The van der Waals surface area contributed by atoms with E-state index in [1.165, 1.54) is 12.3 Å². The van der Waals surface area contributed by atoms with Crippen molar-refractivity contribution in [3.63, 3.8) is 0 Å². The minimum Gasteiger partial charge on any atom is -0.494 e. The largest absolute Gasteiger partial charge is 0.494 e. The Kier molecular flexibility index (Phi) is 7.21. The van der Waals surface area contributed by atoms with Crippen molar-refractivity contribution < 1.29 is 14.3 Å². The first-order chi connectivity index (χ1) is 20.4. The average molecular weight is 568 g/mol. The quantitative estimate of drug-likeness (QED) is 0.395. The van der Waals surface area contributed by atoms with Crippen molar-refractivity contribution in [2.24, 2.45) is 4.99 Å². The molecule has 4 heterocycles. The number of aromatic nitrogens is 2. The summed E-state index contributed by atoms with van der Waals surface area (Å²) in [7, 11) is 5.86. The maximum absolute atomic E-state index is 13.3. The van der Waals surface area contributed by atoms with Gasteiger partial charge in [0.25, 0.3) is 5.91 Å². The Morgan fingerprint density at radius 3 is 2.79 bits per heavy atom. The van der Waals surface area contributed by atoms with Crippen molar-refractivity contribution in [2.75, 3.05) is 67.8 Å². The molecule has 2 N–H and O–H groups in total.